The van der Waals surface area contributed by atoms with Crippen LogP contribution in [0.2, 0.25) is 0 Å². The average Bonchev–Trinajstić information content (AvgIpc) is 2.36. The van der Waals surface area contributed by atoms with E-state index in [4.69, 9.17) is 9.47 Å². The van der Waals surface area contributed by atoms with Crippen LogP contribution >= 0.6 is 15.9 Å². The molecule has 0 aliphatic carbocycles. The predicted octanol–water partition coefficient (Wildman–Crippen LogP) is 2.96. The van der Waals surface area contributed by atoms with Crippen LogP contribution in [0.25, 0.3) is 0 Å². The largest absolute Gasteiger partial charge is 0.467 e. The third kappa shape index (κ3) is 4.88. The smallest absolute Gasteiger partial charge is 0.335 e. The Balaban J connectivity index is 2.64. The highest BCUT2D eigenvalue weighted by Gasteiger charge is 2.19. The Bertz CT molecular complexity index is 348. The van der Waals surface area contributed by atoms with Gasteiger partial charge in [0.1, 0.15) is 0 Å². The van der Waals surface area contributed by atoms with Crippen molar-refractivity contribution in [3.8, 4) is 0 Å². The number of carbonyl (C=O) groups is 1. The molecule has 0 saturated carbocycles. The summed E-state index contributed by atoms with van der Waals surface area (Å²) in [5.74, 6) is -0.318. The highest BCUT2D eigenvalue weighted by Crippen LogP contribution is 2.13. The summed E-state index contributed by atoms with van der Waals surface area (Å²) in [6, 6.07) is 7.83. The molecule has 0 aliphatic heterocycles. The number of rotatable bonds is 6. The molecule has 0 aliphatic rings. The van der Waals surface area contributed by atoms with Gasteiger partial charge in [0.05, 0.1) is 7.11 Å². The molecule has 0 aromatic heterocycles. The van der Waals surface area contributed by atoms with Crippen LogP contribution in [-0.4, -0.2) is 25.8 Å². The molecule has 1 aromatic rings. The lowest BCUT2D eigenvalue weighted by atomic mass is 10.1. The molecule has 1 atom stereocenters. The Morgan fingerprint density at radius 3 is 2.53 bits per heavy atom. The van der Waals surface area contributed by atoms with Gasteiger partial charge in [-0.25, -0.2) is 4.79 Å². The highest BCUT2D eigenvalue weighted by atomic mass is 79.9. The van der Waals surface area contributed by atoms with Gasteiger partial charge in [-0.1, -0.05) is 35.0 Å². The van der Waals surface area contributed by atoms with Gasteiger partial charge in [0.15, 0.2) is 6.10 Å². The molecular formula is C13H17BrO3. The van der Waals surface area contributed by atoms with Crippen molar-refractivity contribution in [2.75, 3.05) is 13.7 Å². The second kappa shape index (κ2) is 7.45. The molecule has 0 saturated heterocycles. The maximum Gasteiger partial charge on any atom is 0.335 e. The number of ether oxygens (including phenoxy) is 2. The first kappa shape index (κ1) is 14.2. The molecule has 0 heterocycles. The molecule has 17 heavy (non-hydrogen) atoms. The molecule has 0 amide bonds. The van der Waals surface area contributed by atoms with Crippen LogP contribution in [0.4, 0.5) is 0 Å². The lowest BCUT2D eigenvalue weighted by Crippen LogP contribution is -2.28. The number of benzene rings is 1. The van der Waals surface area contributed by atoms with Gasteiger partial charge in [0.2, 0.25) is 0 Å². The minimum Gasteiger partial charge on any atom is -0.467 e. The Morgan fingerprint density at radius 1 is 1.35 bits per heavy atom. The van der Waals surface area contributed by atoms with E-state index in [-0.39, 0.29) is 5.97 Å². The van der Waals surface area contributed by atoms with E-state index in [1.165, 1.54) is 7.11 Å². The quantitative estimate of drug-likeness (QED) is 0.758. The fourth-order valence-corrected chi connectivity index (χ4v) is 1.70. The molecule has 0 unspecified atom stereocenters. The molecular weight excluding hydrogens is 284 g/mol. The van der Waals surface area contributed by atoms with Gasteiger partial charge in [-0.15, -0.1) is 0 Å². The minimum atomic E-state index is -0.513. The fraction of sp³-hybridized carbons (Fsp3) is 0.462. The lowest BCUT2D eigenvalue weighted by molar-refractivity contribution is -0.154. The van der Waals surface area contributed by atoms with Gasteiger partial charge in [-0.3, -0.25) is 0 Å². The van der Waals surface area contributed by atoms with Gasteiger partial charge in [0.25, 0.3) is 0 Å². The third-order valence-corrected chi connectivity index (χ3v) is 2.85. The van der Waals surface area contributed by atoms with Crippen LogP contribution in [0.5, 0.6) is 0 Å². The van der Waals surface area contributed by atoms with Crippen molar-refractivity contribution in [2.45, 2.75) is 25.9 Å². The lowest BCUT2D eigenvalue weighted by Gasteiger charge is -2.15. The Hall–Kier alpha value is -0.870. The summed E-state index contributed by atoms with van der Waals surface area (Å²) in [7, 11) is 1.38. The van der Waals surface area contributed by atoms with Crippen LogP contribution in [0.15, 0.2) is 28.7 Å². The fourth-order valence-electron chi connectivity index (χ4n) is 1.44. The monoisotopic (exact) mass is 300 g/mol. The molecule has 1 aromatic carbocycles. The number of esters is 1. The van der Waals surface area contributed by atoms with E-state index in [1.54, 1.807) is 0 Å². The van der Waals surface area contributed by atoms with Crippen molar-refractivity contribution in [2.24, 2.45) is 0 Å². The van der Waals surface area contributed by atoms with Gasteiger partial charge < -0.3 is 9.47 Å². The third-order valence-electron chi connectivity index (χ3n) is 2.32. The number of halogens is 1. The van der Waals surface area contributed by atoms with E-state index in [0.29, 0.717) is 13.0 Å². The molecule has 0 fully saturated rings. The van der Waals surface area contributed by atoms with Crippen LogP contribution in [0.1, 0.15) is 18.9 Å². The van der Waals surface area contributed by atoms with Crippen molar-refractivity contribution in [3.63, 3.8) is 0 Å². The van der Waals surface area contributed by atoms with Crippen molar-refractivity contribution >= 4 is 21.9 Å². The molecule has 0 N–H and O–H groups in total. The Morgan fingerprint density at radius 2 is 2.00 bits per heavy atom. The zero-order chi connectivity index (χ0) is 12.7. The van der Waals surface area contributed by atoms with Gasteiger partial charge in [-0.2, -0.15) is 0 Å². The molecule has 0 bridgehead atoms. The molecule has 94 valence electrons. The Kier molecular flexibility index (Phi) is 6.22. The summed E-state index contributed by atoms with van der Waals surface area (Å²) in [4.78, 5) is 11.5. The first-order valence-corrected chi connectivity index (χ1v) is 6.40. The highest BCUT2D eigenvalue weighted by molar-refractivity contribution is 9.10. The zero-order valence-electron chi connectivity index (χ0n) is 10.1. The zero-order valence-corrected chi connectivity index (χ0v) is 11.7. The van der Waals surface area contributed by atoms with Crippen LogP contribution in [0.3, 0.4) is 0 Å². The Labute approximate surface area is 110 Å². The molecule has 0 radical (unpaired) electrons. The number of hydrogen-bond acceptors (Lipinski definition) is 3. The van der Waals surface area contributed by atoms with E-state index in [0.717, 1.165) is 16.5 Å². The molecule has 1 rings (SSSR count). The van der Waals surface area contributed by atoms with Crippen LogP contribution in [0, 0.1) is 0 Å². The second-order valence-electron chi connectivity index (χ2n) is 3.71. The van der Waals surface area contributed by atoms with E-state index in [2.05, 4.69) is 15.9 Å². The number of hydrogen-bond donors (Lipinski definition) is 0. The molecule has 4 heteroatoms. The van der Waals surface area contributed by atoms with Gasteiger partial charge in [-0.05, 0) is 24.1 Å². The summed E-state index contributed by atoms with van der Waals surface area (Å²) in [5.41, 5.74) is 1.06. The summed E-state index contributed by atoms with van der Waals surface area (Å²) in [5, 5.41) is 0. The maximum absolute atomic E-state index is 11.5. The summed E-state index contributed by atoms with van der Waals surface area (Å²) < 4.78 is 11.2. The topological polar surface area (TPSA) is 35.5 Å². The molecule has 0 spiro atoms. The first-order chi connectivity index (χ1) is 8.17. The van der Waals surface area contributed by atoms with E-state index in [1.807, 2.05) is 31.2 Å². The normalized spacial score (nSPS) is 12.2. The summed E-state index contributed by atoms with van der Waals surface area (Å²) in [6.07, 6.45) is 0.912. The average molecular weight is 301 g/mol. The summed E-state index contributed by atoms with van der Waals surface area (Å²) >= 11 is 3.37. The van der Waals surface area contributed by atoms with E-state index in [9.17, 15) is 4.79 Å². The van der Waals surface area contributed by atoms with Gasteiger partial charge >= 0.3 is 5.97 Å². The van der Waals surface area contributed by atoms with Crippen molar-refractivity contribution in [1.82, 2.24) is 0 Å². The minimum absolute atomic E-state index is 0.318. The number of carbonyl (C=O) groups excluding carboxylic acids is 1. The first-order valence-electron chi connectivity index (χ1n) is 5.61. The van der Waals surface area contributed by atoms with Crippen LogP contribution < -0.4 is 0 Å². The summed E-state index contributed by atoms with van der Waals surface area (Å²) in [6.45, 7) is 2.57. The van der Waals surface area contributed by atoms with E-state index >= 15 is 0 Å². The maximum atomic E-state index is 11.5. The van der Waals surface area contributed by atoms with E-state index < -0.39 is 6.10 Å². The molecule has 3 nitrogen and oxygen atoms in total. The standard InChI is InChI=1S/C13H17BrO3/c1-3-8-17-12(13(15)16-2)9-10-4-6-11(14)7-5-10/h4-7,12H,3,8-9H2,1-2H3/t12-/m0/s1. The predicted molar refractivity (Wildman–Crippen MR) is 69.9 cm³/mol. The SMILES string of the molecule is CCCO[C@@H](Cc1ccc(Br)cc1)C(=O)OC. The van der Waals surface area contributed by atoms with Gasteiger partial charge in [0, 0.05) is 17.5 Å². The van der Waals surface area contributed by atoms with Crippen LogP contribution in [-0.2, 0) is 20.7 Å². The number of methoxy groups -OCH3 is 1. The van der Waals surface area contributed by atoms with Crippen molar-refractivity contribution < 1.29 is 14.3 Å². The second-order valence-corrected chi connectivity index (χ2v) is 4.63. The van der Waals surface area contributed by atoms with Crippen molar-refractivity contribution in [1.29, 1.82) is 0 Å². The van der Waals surface area contributed by atoms with Crippen molar-refractivity contribution in [3.05, 3.63) is 34.3 Å².